The van der Waals surface area contributed by atoms with E-state index in [2.05, 4.69) is 5.32 Å². The molecule has 0 bridgehead atoms. The molecule has 1 aliphatic rings. The molecule has 2 amide bonds. The molecule has 21 heavy (non-hydrogen) atoms. The number of hydrogen-bond donors (Lipinski definition) is 2. The molecule has 0 aliphatic carbocycles. The van der Waals surface area contributed by atoms with Gasteiger partial charge in [-0.1, -0.05) is 0 Å². The van der Waals surface area contributed by atoms with Gasteiger partial charge in [-0.15, -0.1) is 0 Å². The van der Waals surface area contributed by atoms with Crippen molar-refractivity contribution in [1.82, 2.24) is 10.2 Å². The molecule has 2 rings (SSSR count). The molecule has 0 aromatic heterocycles. The Morgan fingerprint density at radius 3 is 2.86 bits per heavy atom. The summed E-state index contributed by atoms with van der Waals surface area (Å²) in [4.78, 5) is 24.3. The summed E-state index contributed by atoms with van der Waals surface area (Å²) in [6.45, 7) is 0.449. The Morgan fingerprint density at radius 1 is 1.38 bits per heavy atom. The maximum Gasteiger partial charge on any atom is 0.317 e. The minimum absolute atomic E-state index is 0.0511. The van der Waals surface area contributed by atoms with Crippen LogP contribution in [0.4, 0.5) is 13.6 Å². The van der Waals surface area contributed by atoms with Crippen molar-refractivity contribution in [2.75, 3.05) is 13.1 Å². The number of nitrogens with one attached hydrogen (secondary N) is 1. The van der Waals surface area contributed by atoms with Crippen molar-refractivity contribution in [3.05, 3.63) is 35.4 Å². The summed E-state index contributed by atoms with van der Waals surface area (Å²) in [6.07, 6.45) is 1.15. The Kier molecular flexibility index (Phi) is 4.72. The predicted octanol–water partition coefficient (Wildman–Crippen LogP) is 1.97. The predicted molar refractivity (Wildman–Crippen MR) is 70.5 cm³/mol. The number of hydrogen-bond acceptors (Lipinski definition) is 2. The van der Waals surface area contributed by atoms with Gasteiger partial charge in [-0.05, 0) is 31.0 Å². The van der Waals surface area contributed by atoms with Crippen molar-refractivity contribution in [2.45, 2.75) is 19.4 Å². The van der Waals surface area contributed by atoms with Gasteiger partial charge in [-0.25, -0.2) is 13.6 Å². The van der Waals surface area contributed by atoms with Gasteiger partial charge in [-0.3, -0.25) is 4.79 Å². The van der Waals surface area contributed by atoms with E-state index in [-0.39, 0.29) is 18.7 Å². The lowest BCUT2D eigenvalue weighted by Crippen LogP contribution is -2.46. The number of urea groups is 1. The van der Waals surface area contributed by atoms with Crippen LogP contribution in [0.2, 0.25) is 0 Å². The van der Waals surface area contributed by atoms with Crippen LogP contribution in [0, 0.1) is 17.6 Å². The van der Waals surface area contributed by atoms with Crippen LogP contribution in [0.5, 0.6) is 0 Å². The topological polar surface area (TPSA) is 69.6 Å². The number of amides is 2. The Morgan fingerprint density at radius 2 is 2.14 bits per heavy atom. The molecule has 0 spiro atoms. The molecule has 1 heterocycles. The number of benzene rings is 1. The van der Waals surface area contributed by atoms with Gasteiger partial charge in [0.05, 0.1) is 5.92 Å². The van der Waals surface area contributed by atoms with Crippen molar-refractivity contribution >= 4 is 12.0 Å². The normalized spacial score (nSPS) is 18.4. The van der Waals surface area contributed by atoms with Crippen molar-refractivity contribution in [2.24, 2.45) is 5.92 Å². The summed E-state index contributed by atoms with van der Waals surface area (Å²) in [5, 5.41) is 11.4. The van der Waals surface area contributed by atoms with Crippen LogP contribution < -0.4 is 5.32 Å². The van der Waals surface area contributed by atoms with Gasteiger partial charge >= 0.3 is 12.0 Å². The average molecular weight is 298 g/mol. The number of rotatable bonds is 3. The molecule has 1 aromatic carbocycles. The molecule has 5 nitrogen and oxygen atoms in total. The minimum atomic E-state index is -0.927. The summed E-state index contributed by atoms with van der Waals surface area (Å²) < 4.78 is 26.4. The van der Waals surface area contributed by atoms with E-state index in [0.717, 1.165) is 18.2 Å². The lowest BCUT2D eigenvalue weighted by atomic mass is 9.99. The van der Waals surface area contributed by atoms with Gasteiger partial charge in [0.2, 0.25) is 0 Å². The first-order valence-electron chi connectivity index (χ1n) is 6.67. The van der Waals surface area contributed by atoms with Crippen molar-refractivity contribution in [3.63, 3.8) is 0 Å². The third-order valence-corrected chi connectivity index (χ3v) is 3.50. The second-order valence-corrected chi connectivity index (χ2v) is 5.02. The Balaban J connectivity index is 1.92. The number of carboxylic acid groups (broad SMARTS) is 1. The third kappa shape index (κ3) is 3.90. The smallest absolute Gasteiger partial charge is 0.317 e. The largest absolute Gasteiger partial charge is 0.481 e. The fourth-order valence-corrected chi connectivity index (χ4v) is 2.32. The van der Waals surface area contributed by atoms with Crippen molar-refractivity contribution < 1.29 is 23.5 Å². The Hall–Kier alpha value is -2.18. The quantitative estimate of drug-likeness (QED) is 0.896. The third-order valence-electron chi connectivity index (χ3n) is 3.50. The van der Waals surface area contributed by atoms with Gasteiger partial charge in [0.25, 0.3) is 0 Å². The van der Waals surface area contributed by atoms with Crippen LogP contribution in [0.1, 0.15) is 18.4 Å². The standard InChI is InChI=1S/C14H16F2N2O3/c15-11-3-4-12(16)10(6-11)7-17-14(21)18-5-1-2-9(8-18)13(19)20/h3-4,6,9H,1-2,5,7-8H2,(H,17,21)(H,19,20)/t9-/m1/s1. The summed E-state index contributed by atoms with van der Waals surface area (Å²) in [5.41, 5.74) is 0.0511. The van der Waals surface area contributed by atoms with Gasteiger partial charge in [0.1, 0.15) is 11.6 Å². The van der Waals surface area contributed by atoms with E-state index >= 15 is 0 Å². The van der Waals surface area contributed by atoms with Crippen LogP contribution in [0.25, 0.3) is 0 Å². The van der Waals surface area contributed by atoms with Crippen LogP contribution in [-0.4, -0.2) is 35.1 Å². The maximum atomic E-state index is 13.4. The van der Waals surface area contributed by atoms with Gasteiger partial charge in [0, 0.05) is 25.2 Å². The SMILES string of the molecule is O=C(O)[C@@H]1CCCN(C(=O)NCc2cc(F)ccc2F)C1. The first-order valence-corrected chi connectivity index (χ1v) is 6.67. The first kappa shape index (κ1) is 15.2. The Labute approximate surface area is 120 Å². The maximum absolute atomic E-state index is 13.4. The highest BCUT2D eigenvalue weighted by Crippen LogP contribution is 2.17. The zero-order valence-corrected chi connectivity index (χ0v) is 11.3. The number of likely N-dealkylation sites (tertiary alicyclic amines) is 1. The van der Waals surface area contributed by atoms with Gasteiger partial charge < -0.3 is 15.3 Å². The summed E-state index contributed by atoms with van der Waals surface area (Å²) in [6, 6.07) is 2.55. The molecule has 1 aliphatic heterocycles. The second kappa shape index (κ2) is 6.51. The summed E-state index contributed by atoms with van der Waals surface area (Å²) >= 11 is 0. The van der Waals surface area contributed by atoms with Gasteiger partial charge in [0.15, 0.2) is 0 Å². The molecule has 7 heteroatoms. The fourth-order valence-electron chi connectivity index (χ4n) is 2.32. The molecule has 1 atom stereocenters. The number of aliphatic carboxylic acids is 1. The monoisotopic (exact) mass is 298 g/mol. The first-order chi connectivity index (χ1) is 9.97. The summed E-state index contributed by atoms with van der Waals surface area (Å²) in [5.74, 6) is -2.68. The molecule has 0 radical (unpaired) electrons. The van der Waals surface area contributed by atoms with E-state index < -0.39 is 29.6 Å². The molecular formula is C14H16F2N2O3. The van der Waals surface area contributed by atoms with E-state index in [1.165, 1.54) is 4.90 Å². The van der Waals surface area contributed by atoms with Crippen molar-refractivity contribution in [1.29, 1.82) is 0 Å². The highest BCUT2D eigenvalue weighted by atomic mass is 19.1. The number of carbonyl (C=O) groups excluding carboxylic acids is 1. The van der Waals surface area contributed by atoms with E-state index in [9.17, 15) is 18.4 Å². The average Bonchev–Trinajstić information content (AvgIpc) is 2.48. The van der Waals surface area contributed by atoms with E-state index in [1.807, 2.05) is 0 Å². The van der Waals surface area contributed by atoms with E-state index in [0.29, 0.717) is 19.4 Å². The fraction of sp³-hybridized carbons (Fsp3) is 0.429. The van der Waals surface area contributed by atoms with Crippen LogP contribution in [-0.2, 0) is 11.3 Å². The highest BCUT2D eigenvalue weighted by molar-refractivity contribution is 5.76. The van der Waals surface area contributed by atoms with E-state index in [4.69, 9.17) is 5.11 Å². The lowest BCUT2D eigenvalue weighted by molar-refractivity contribution is -0.143. The molecule has 1 aromatic rings. The van der Waals surface area contributed by atoms with E-state index in [1.54, 1.807) is 0 Å². The van der Waals surface area contributed by atoms with Crippen LogP contribution in [0.3, 0.4) is 0 Å². The second-order valence-electron chi connectivity index (χ2n) is 5.02. The number of carboxylic acids is 1. The number of nitrogens with zero attached hydrogens (tertiary/aromatic N) is 1. The molecule has 2 N–H and O–H groups in total. The van der Waals surface area contributed by atoms with Crippen LogP contribution >= 0.6 is 0 Å². The molecule has 1 fully saturated rings. The summed E-state index contributed by atoms with van der Waals surface area (Å²) in [7, 11) is 0. The molecule has 1 saturated heterocycles. The lowest BCUT2D eigenvalue weighted by Gasteiger charge is -2.30. The highest BCUT2D eigenvalue weighted by Gasteiger charge is 2.28. The molecular weight excluding hydrogens is 282 g/mol. The van der Waals surface area contributed by atoms with Crippen molar-refractivity contribution in [3.8, 4) is 0 Å². The Bertz CT molecular complexity index is 551. The van der Waals surface area contributed by atoms with Crippen LogP contribution in [0.15, 0.2) is 18.2 Å². The minimum Gasteiger partial charge on any atom is -0.481 e. The van der Waals surface area contributed by atoms with Gasteiger partial charge in [-0.2, -0.15) is 0 Å². The zero-order chi connectivity index (χ0) is 15.4. The number of piperidine rings is 1. The zero-order valence-electron chi connectivity index (χ0n) is 11.3. The molecule has 114 valence electrons. The molecule has 0 unspecified atom stereocenters. The molecule has 0 saturated carbocycles. The number of carbonyl (C=O) groups is 2. The number of halogens is 2.